The summed E-state index contributed by atoms with van der Waals surface area (Å²) in [5.41, 5.74) is 6.64. The molecule has 8 nitrogen and oxygen atoms in total. The minimum absolute atomic E-state index is 0.0209. The van der Waals surface area contributed by atoms with Crippen LogP contribution in [0.15, 0.2) is 12.1 Å². The summed E-state index contributed by atoms with van der Waals surface area (Å²) in [6.07, 6.45) is -1.79. The lowest BCUT2D eigenvalue weighted by atomic mass is 10.2. The third-order valence-corrected chi connectivity index (χ3v) is 3.10. The van der Waals surface area contributed by atoms with Crippen LogP contribution in [0.2, 0.25) is 0 Å². The van der Waals surface area contributed by atoms with E-state index in [0.717, 1.165) is 0 Å². The van der Waals surface area contributed by atoms with Gasteiger partial charge in [-0.05, 0) is 19.1 Å². The molecule has 20 heavy (non-hydrogen) atoms. The minimum atomic E-state index is -4.21. The molecular weight excluding hydrogens is 290 g/mol. The monoisotopic (exact) mass is 304 g/mol. The molecule has 4 N–H and O–H groups in total. The van der Waals surface area contributed by atoms with E-state index in [-0.39, 0.29) is 5.82 Å². The predicted molar refractivity (Wildman–Crippen MR) is 68.5 cm³/mol. The lowest BCUT2D eigenvalue weighted by molar-refractivity contribution is 0.0876. The van der Waals surface area contributed by atoms with E-state index in [4.69, 9.17) is 20.3 Å². The molecule has 2 aromatic rings. The molecule has 0 fully saturated rings. The number of fused-ring (bicyclic) bond motifs is 1. The van der Waals surface area contributed by atoms with Gasteiger partial charge in [-0.1, -0.05) is 0 Å². The van der Waals surface area contributed by atoms with Gasteiger partial charge in [-0.2, -0.15) is 9.37 Å². The highest BCUT2D eigenvalue weighted by Gasteiger charge is 2.17. The van der Waals surface area contributed by atoms with E-state index in [1.807, 2.05) is 0 Å². The number of nitrogens with two attached hydrogens (primary N) is 1. The van der Waals surface area contributed by atoms with Crippen LogP contribution in [0.3, 0.4) is 0 Å². The second-order valence-electron chi connectivity index (χ2n) is 4.36. The summed E-state index contributed by atoms with van der Waals surface area (Å²) in [5.74, 6) is 0.0209. The third-order valence-electron chi connectivity index (χ3n) is 2.62. The van der Waals surface area contributed by atoms with Crippen molar-refractivity contribution in [2.75, 3.05) is 12.1 Å². The predicted octanol–water partition coefficient (Wildman–Crippen LogP) is 0.533. The van der Waals surface area contributed by atoms with Gasteiger partial charge in [-0.3, -0.25) is 4.57 Å². The molecule has 2 aromatic heterocycles. The number of nitrogens with zero attached hydrogens (tertiary/aromatic N) is 3. The van der Waals surface area contributed by atoms with Gasteiger partial charge in [0.1, 0.15) is 11.9 Å². The van der Waals surface area contributed by atoms with Crippen LogP contribution in [0.5, 0.6) is 0 Å². The van der Waals surface area contributed by atoms with Crippen LogP contribution in [0.4, 0.5) is 10.2 Å². The van der Waals surface area contributed by atoms with Crippen LogP contribution in [0, 0.1) is 6.08 Å². The van der Waals surface area contributed by atoms with Crippen molar-refractivity contribution >= 4 is 18.9 Å². The maximum absolute atomic E-state index is 13.1. The highest BCUT2D eigenvalue weighted by atomic mass is 31.2. The van der Waals surface area contributed by atoms with E-state index in [2.05, 4.69) is 10.1 Å². The Morgan fingerprint density at radius 1 is 1.55 bits per heavy atom. The molecule has 0 amide bonds. The maximum atomic E-state index is 13.1. The van der Waals surface area contributed by atoms with Crippen LogP contribution in [0.1, 0.15) is 12.6 Å². The summed E-state index contributed by atoms with van der Waals surface area (Å²) in [4.78, 5) is 20.9. The zero-order valence-corrected chi connectivity index (χ0v) is 11.5. The molecule has 110 valence electrons. The topological polar surface area (TPSA) is 123 Å². The minimum Gasteiger partial charge on any atom is -0.382 e. The second kappa shape index (κ2) is 5.45. The van der Waals surface area contributed by atoms with Crippen molar-refractivity contribution in [2.24, 2.45) is 0 Å². The number of rotatable bonds is 5. The van der Waals surface area contributed by atoms with Crippen LogP contribution in [-0.2, 0) is 15.7 Å². The summed E-state index contributed by atoms with van der Waals surface area (Å²) in [6.45, 7) is 1.65. The first kappa shape index (κ1) is 14.9. The highest BCUT2D eigenvalue weighted by molar-refractivity contribution is 7.51. The summed E-state index contributed by atoms with van der Waals surface area (Å²) in [6, 6.07) is 3.32. The fourth-order valence-electron chi connectivity index (χ4n) is 1.78. The Labute approximate surface area is 113 Å². The molecule has 2 heterocycles. The van der Waals surface area contributed by atoms with E-state index >= 15 is 0 Å². The van der Waals surface area contributed by atoms with E-state index < -0.39 is 26.1 Å². The Bertz CT molecular complexity index is 671. The number of hydrogen-bond donors (Lipinski definition) is 3. The van der Waals surface area contributed by atoms with E-state index in [9.17, 15) is 8.96 Å². The van der Waals surface area contributed by atoms with Crippen LogP contribution < -0.4 is 5.73 Å². The van der Waals surface area contributed by atoms with Gasteiger partial charge in [0, 0.05) is 12.1 Å². The van der Waals surface area contributed by atoms with Gasteiger partial charge in [-0.25, -0.2) is 4.52 Å². The first-order valence-corrected chi connectivity index (χ1v) is 7.52. The molecule has 10 heteroatoms. The van der Waals surface area contributed by atoms with Crippen LogP contribution >= 0.6 is 7.60 Å². The van der Waals surface area contributed by atoms with E-state index in [0.29, 0.717) is 17.6 Å². The molecule has 0 bridgehead atoms. The van der Waals surface area contributed by atoms with E-state index in [1.54, 1.807) is 19.1 Å². The van der Waals surface area contributed by atoms with Gasteiger partial charge in [-0.15, -0.1) is 5.10 Å². The van der Waals surface area contributed by atoms with Gasteiger partial charge in [0.05, 0.1) is 6.10 Å². The first-order chi connectivity index (χ1) is 9.26. The van der Waals surface area contributed by atoms with Gasteiger partial charge in [0.15, 0.2) is 5.82 Å². The molecule has 0 saturated carbocycles. The van der Waals surface area contributed by atoms with Gasteiger partial charge in [0.2, 0.25) is 0 Å². The molecule has 0 saturated heterocycles. The molecular formula is C10H14FN4O4P. The quantitative estimate of drug-likeness (QED) is 0.688. The summed E-state index contributed by atoms with van der Waals surface area (Å²) < 4.78 is 30.2. The SMILES string of the molecule is C[C@@H](Cc1ccc2c(N)nc(F)nn12)OCP(=O)(O)O. The van der Waals surface area contributed by atoms with Crippen molar-refractivity contribution < 1.29 is 23.5 Å². The lowest BCUT2D eigenvalue weighted by Crippen LogP contribution is -2.15. The zero-order chi connectivity index (χ0) is 14.9. The van der Waals surface area contributed by atoms with Gasteiger partial charge >= 0.3 is 13.7 Å². The van der Waals surface area contributed by atoms with Crippen molar-refractivity contribution in [3.63, 3.8) is 0 Å². The van der Waals surface area contributed by atoms with Crippen molar-refractivity contribution in [3.05, 3.63) is 23.9 Å². The number of halogens is 1. The first-order valence-electron chi connectivity index (χ1n) is 5.72. The number of anilines is 1. The largest absolute Gasteiger partial charge is 0.382 e. The number of aromatic nitrogens is 3. The normalized spacial score (nSPS) is 13.8. The van der Waals surface area contributed by atoms with Crippen molar-refractivity contribution in [2.45, 2.75) is 19.4 Å². The van der Waals surface area contributed by atoms with Crippen LogP contribution in [-0.4, -0.2) is 36.8 Å². The third kappa shape index (κ3) is 3.51. The molecule has 2 rings (SSSR count). The Hall–Kier alpha value is -1.54. The molecule has 0 aliphatic rings. The Morgan fingerprint density at radius 3 is 2.90 bits per heavy atom. The lowest BCUT2D eigenvalue weighted by Gasteiger charge is -2.13. The molecule has 1 atom stereocenters. The maximum Gasteiger partial charge on any atom is 0.350 e. The zero-order valence-electron chi connectivity index (χ0n) is 10.6. The molecule has 0 aliphatic carbocycles. The van der Waals surface area contributed by atoms with Crippen molar-refractivity contribution in [3.8, 4) is 0 Å². The highest BCUT2D eigenvalue weighted by Crippen LogP contribution is 2.34. The Morgan fingerprint density at radius 2 is 2.25 bits per heavy atom. The standard InChI is InChI=1S/C10H14FN4O4P/c1-6(19-5-20(16,17)18)4-7-2-3-8-9(12)13-10(11)14-15(7)8/h2-3,6H,4-5H2,1H3,(H2,12,13,14)(H2,16,17,18)/t6-/m0/s1. The summed E-state index contributed by atoms with van der Waals surface area (Å²) in [7, 11) is -4.21. The summed E-state index contributed by atoms with van der Waals surface area (Å²) >= 11 is 0. The smallest absolute Gasteiger partial charge is 0.350 e. The number of ether oxygens (including phenoxy) is 1. The number of nitrogen functional groups attached to an aromatic ring is 1. The molecule has 0 aliphatic heterocycles. The second-order valence-corrected chi connectivity index (χ2v) is 5.95. The van der Waals surface area contributed by atoms with E-state index in [1.165, 1.54) is 4.52 Å². The molecule has 0 spiro atoms. The molecule has 0 radical (unpaired) electrons. The molecule has 0 unspecified atom stereocenters. The average Bonchev–Trinajstić information content (AvgIpc) is 2.69. The molecule has 0 aromatic carbocycles. The fourth-order valence-corrected chi connectivity index (χ4v) is 2.23. The van der Waals surface area contributed by atoms with Crippen LogP contribution in [0.25, 0.3) is 5.52 Å². The Kier molecular flexibility index (Phi) is 4.05. The number of hydrogen-bond acceptors (Lipinski definition) is 5. The van der Waals surface area contributed by atoms with Gasteiger partial charge in [0.25, 0.3) is 0 Å². The van der Waals surface area contributed by atoms with Gasteiger partial charge < -0.3 is 20.3 Å². The Balaban J connectivity index is 2.16. The average molecular weight is 304 g/mol. The van der Waals surface area contributed by atoms with Crippen molar-refractivity contribution in [1.82, 2.24) is 14.6 Å². The van der Waals surface area contributed by atoms with Crippen molar-refractivity contribution in [1.29, 1.82) is 0 Å². The summed E-state index contributed by atoms with van der Waals surface area (Å²) in [5, 5.41) is 3.61. The fraction of sp³-hybridized carbons (Fsp3) is 0.400.